The SMILES string of the molecule is CSCC[C@H](NC(=O)C(CC(=O)NO)CC(C)C)C(=O)N1CCC[C@H]1C(=O)NCC(=O)NCC(=O)N[C@@H](CCCCNC(=O)CCCC[C@@H]1SC[C@@H]2NC(=O)N[C@@H]21)C(N)=O. The van der Waals surface area contributed by atoms with E-state index in [1.807, 2.05) is 31.9 Å². The van der Waals surface area contributed by atoms with Crippen molar-refractivity contribution >= 4 is 76.8 Å². The van der Waals surface area contributed by atoms with E-state index in [9.17, 15) is 43.2 Å². The smallest absolute Gasteiger partial charge is 0.315 e. The van der Waals surface area contributed by atoms with Gasteiger partial charge in [0.15, 0.2) is 0 Å². The molecular formula is C38H64N10O10S2. The quantitative estimate of drug-likeness (QED) is 0.0206. The zero-order chi connectivity index (χ0) is 44.2. The van der Waals surface area contributed by atoms with Crippen LogP contribution in [0.4, 0.5) is 4.79 Å². The van der Waals surface area contributed by atoms with Gasteiger partial charge < -0.3 is 47.9 Å². The Bertz CT molecular complexity index is 1520. The van der Waals surface area contributed by atoms with Gasteiger partial charge in [-0.2, -0.15) is 23.5 Å². The van der Waals surface area contributed by atoms with Crippen molar-refractivity contribution in [3.05, 3.63) is 0 Å². The first-order valence-electron chi connectivity index (χ1n) is 20.7. The number of likely N-dealkylation sites (tertiary alicyclic amines) is 1. The molecule has 0 aromatic heterocycles. The van der Waals surface area contributed by atoms with Gasteiger partial charge in [-0.05, 0) is 75.7 Å². The number of unbranched alkanes of at least 4 members (excludes halogenated alkanes) is 2. The molecule has 3 aliphatic rings. The number of nitrogens with two attached hydrogens (primary N) is 1. The molecule has 0 spiro atoms. The summed E-state index contributed by atoms with van der Waals surface area (Å²) in [5, 5.41) is 28.3. The van der Waals surface area contributed by atoms with E-state index in [4.69, 9.17) is 10.9 Å². The van der Waals surface area contributed by atoms with Crippen LogP contribution < -0.4 is 48.4 Å². The van der Waals surface area contributed by atoms with Gasteiger partial charge in [0.2, 0.25) is 47.3 Å². The third kappa shape index (κ3) is 17.0. The predicted octanol–water partition coefficient (Wildman–Crippen LogP) is -1.01. The van der Waals surface area contributed by atoms with E-state index < -0.39 is 78.5 Å². The van der Waals surface area contributed by atoms with Crippen LogP contribution in [-0.4, -0.2) is 143 Å². The van der Waals surface area contributed by atoms with Gasteiger partial charge in [0, 0.05) is 42.9 Å². The van der Waals surface area contributed by atoms with Crippen LogP contribution in [0.5, 0.6) is 0 Å². The number of carbonyl (C=O) groups is 9. The first-order chi connectivity index (χ1) is 28.6. The van der Waals surface area contributed by atoms with Crippen LogP contribution in [0, 0.1) is 11.8 Å². The minimum absolute atomic E-state index is 0.0571. The highest BCUT2D eigenvalue weighted by atomic mass is 32.2. The third-order valence-electron chi connectivity index (χ3n) is 10.6. The number of fused-ring (bicyclic) bond motifs is 1. The summed E-state index contributed by atoms with van der Waals surface area (Å²) in [5.41, 5.74) is 7.03. The fraction of sp³-hybridized carbons (Fsp3) is 0.763. The normalized spacial score (nSPS) is 20.8. The topological polar surface area (TPSA) is 299 Å². The minimum Gasteiger partial charge on any atom is -0.368 e. The van der Waals surface area contributed by atoms with Gasteiger partial charge in [-0.25, -0.2) is 10.3 Å². The molecule has 0 aromatic rings. The van der Waals surface area contributed by atoms with E-state index in [2.05, 4.69) is 37.2 Å². The Morgan fingerprint density at radius 1 is 0.900 bits per heavy atom. The summed E-state index contributed by atoms with van der Waals surface area (Å²) >= 11 is 3.32. The second-order valence-electron chi connectivity index (χ2n) is 15.8. The van der Waals surface area contributed by atoms with Gasteiger partial charge in [-0.3, -0.25) is 43.6 Å². The number of hydroxylamine groups is 1. The van der Waals surface area contributed by atoms with Gasteiger partial charge in [0.05, 0.1) is 25.2 Å². The highest BCUT2D eigenvalue weighted by Crippen LogP contribution is 2.33. The third-order valence-corrected chi connectivity index (χ3v) is 12.8. The number of nitrogens with one attached hydrogen (secondary N) is 8. The Kier molecular flexibility index (Phi) is 21.8. The molecule has 0 aromatic carbocycles. The number of urea groups is 1. The standard InChI is InChI=1S/C38H64N10O10S2/c1-22(2)17-23(18-30(50)47-58)35(54)44-25(13-16-59-3)37(56)48-15-8-10-27(48)36(55)42-19-31(51)41-20-32(52)43-24(34(39)53)9-6-7-14-40-29(49)12-5-4-11-28-33-26(21-60-28)45-38(57)46-33/h22-28,33,58H,4-21H2,1-3H3,(H2,39,53)(H,40,49)(H,41,51)(H,42,55)(H,43,52)(H,44,54)(H,47,50)(H2,45,46,57)/t23?,24-,25-,26-,27-,28-,33-/m0/s1. The molecule has 1 unspecified atom stereocenters. The molecule has 3 saturated heterocycles. The van der Waals surface area contributed by atoms with Crippen molar-refractivity contribution in [1.82, 2.24) is 47.6 Å². The number of thioether (sulfide) groups is 2. The lowest BCUT2D eigenvalue weighted by Crippen LogP contribution is -2.55. The second kappa shape index (κ2) is 26.1. The Morgan fingerprint density at radius 2 is 1.65 bits per heavy atom. The van der Waals surface area contributed by atoms with Crippen LogP contribution in [0.2, 0.25) is 0 Å². The highest BCUT2D eigenvalue weighted by Gasteiger charge is 2.42. The minimum atomic E-state index is -0.991. The average Bonchev–Trinajstić information content (AvgIpc) is 3.94. The molecule has 0 aliphatic carbocycles. The molecule has 0 radical (unpaired) electrons. The lowest BCUT2D eigenvalue weighted by molar-refractivity contribution is -0.142. The summed E-state index contributed by atoms with van der Waals surface area (Å²) in [6.45, 7) is 3.46. The lowest BCUT2D eigenvalue weighted by Gasteiger charge is -2.29. The second-order valence-corrected chi connectivity index (χ2v) is 18.1. The maximum atomic E-state index is 13.7. The predicted molar refractivity (Wildman–Crippen MR) is 225 cm³/mol. The molecule has 7 atom stereocenters. The molecular weight excluding hydrogens is 821 g/mol. The first kappa shape index (κ1) is 50.0. The Balaban J connectivity index is 1.34. The van der Waals surface area contributed by atoms with Crippen molar-refractivity contribution < 1.29 is 48.4 Å². The van der Waals surface area contributed by atoms with Gasteiger partial charge >= 0.3 is 6.03 Å². The van der Waals surface area contributed by atoms with Gasteiger partial charge in [0.1, 0.15) is 18.1 Å². The van der Waals surface area contributed by atoms with Crippen molar-refractivity contribution in [3.63, 3.8) is 0 Å². The number of rotatable bonds is 27. The van der Waals surface area contributed by atoms with E-state index in [-0.39, 0.29) is 55.7 Å². The summed E-state index contributed by atoms with van der Waals surface area (Å²) in [7, 11) is 0. The Labute approximate surface area is 359 Å². The summed E-state index contributed by atoms with van der Waals surface area (Å²) in [6.07, 6.45) is 7.27. The van der Waals surface area contributed by atoms with E-state index in [1.54, 1.807) is 5.48 Å². The van der Waals surface area contributed by atoms with Gasteiger partial charge in [0.25, 0.3) is 0 Å². The first-order valence-corrected chi connectivity index (χ1v) is 23.2. The maximum Gasteiger partial charge on any atom is 0.315 e. The zero-order valence-electron chi connectivity index (χ0n) is 34.8. The van der Waals surface area contributed by atoms with E-state index in [0.717, 1.165) is 25.0 Å². The van der Waals surface area contributed by atoms with Crippen LogP contribution in [0.3, 0.4) is 0 Å². The van der Waals surface area contributed by atoms with Crippen LogP contribution in [0.25, 0.3) is 0 Å². The number of primary amides is 1. The fourth-order valence-electron chi connectivity index (χ4n) is 7.53. The van der Waals surface area contributed by atoms with Crippen molar-refractivity contribution in [2.24, 2.45) is 17.6 Å². The highest BCUT2D eigenvalue weighted by molar-refractivity contribution is 8.00. The number of carbonyl (C=O) groups excluding carboxylic acids is 9. The molecule has 0 bridgehead atoms. The van der Waals surface area contributed by atoms with Crippen molar-refractivity contribution in [3.8, 4) is 0 Å². The van der Waals surface area contributed by atoms with Crippen LogP contribution in [-0.2, 0) is 38.4 Å². The van der Waals surface area contributed by atoms with E-state index >= 15 is 0 Å². The molecule has 10 amide bonds. The molecule has 338 valence electrons. The molecule has 3 heterocycles. The number of hydrogen-bond donors (Lipinski definition) is 10. The molecule has 3 fully saturated rings. The molecule has 20 nitrogen and oxygen atoms in total. The van der Waals surface area contributed by atoms with Crippen LogP contribution >= 0.6 is 23.5 Å². The average molecular weight is 885 g/mol. The largest absolute Gasteiger partial charge is 0.368 e. The monoisotopic (exact) mass is 884 g/mol. The summed E-state index contributed by atoms with van der Waals surface area (Å²) in [5.74, 6) is -3.73. The van der Waals surface area contributed by atoms with Crippen LogP contribution in [0.15, 0.2) is 0 Å². The Hall–Kier alpha value is -4.31. The molecule has 0 saturated carbocycles. The van der Waals surface area contributed by atoms with Crippen molar-refractivity contribution in [2.45, 2.75) is 126 Å². The lowest BCUT2D eigenvalue weighted by atomic mass is 9.92. The summed E-state index contributed by atoms with van der Waals surface area (Å²) in [6, 6.07) is -2.64. The Morgan fingerprint density at radius 3 is 2.35 bits per heavy atom. The van der Waals surface area contributed by atoms with Gasteiger partial charge in [-0.1, -0.05) is 20.3 Å². The molecule has 60 heavy (non-hydrogen) atoms. The van der Waals surface area contributed by atoms with Gasteiger partial charge in [-0.15, -0.1) is 0 Å². The molecule has 11 N–H and O–H groups in total. The maximum absolute atomic E-state index is 13.7. The number of nitrogens with zero attached hydrogens (tertiary/aromatic N) is 1. The number of amides is 10. The van der Waals surface area contributed by atoms with Crippen molar-refractivity contribution in [2.75, 3.05) is 43.9 Å². The number of hydrogen-bond acceptors (Lipinski definition) is 12. The summed E-state index contributed by atoms with van der Waals surface area (Å²) in [4.78, 5) is 114. The van der Waals surface area contributed by atoms with Crippen molar-refractivity contribution in [1.29, 1.82) is 0 Å². The fourth-order valence-corrected chi connectivity index (χ4v) is 9.54. The molecule has 3 rings (SSSR count). The van der Waals surface area contributed by atoms with E-state index in [0.29, 0.717) is 56.1 Å². The molecule has 22 heteroatoms. The van der Waals surface area contributed by atoms with E-state index in [1.165, 1.54) is 16.7 Å². The molecule has 3 aliphatic heterocycles. The summed E-state index contributed by atoms with van der Waals surface area (Å²) < 4.78 is 0. The van der Waals surface area contributed by atoms with Crippen LogP contribution in [0.1, 0.15) is 90.9 Å². The zero-order valence-corrected chi connectivity index (χ0v) is 36.4.